The maximum absolute atomic E-state index is 14.9. The predicted molar refractivity (Wildman–Crippen MR) is 91.1 cm³/mol. The number of carbonyl (C=O) groups is 1. The Kier molecular flexibility index (Phi) is 3.95. The molecule has 1 aliphatic rings. The first-order valence-corrected chi connectivity index (χ1v) is 8.42. The molecule has 3 heterocycles. The SMILES string of the molecule is CC1(C(=O)O)Cc2c(c(Cl)cc(F)c2-n2c(=O)cc(C(F)(F)F)n3ccnc23)O1. The van der Waals surface area contributed by atoms with Crippen molar-refractivity contribution >= 4 is 23.3 Å². The summed E-state index contributed by atoms with van der Waals surface area (Å²) in [6.45, 7) is 1.23. The molecule has 0 bridgehead atoms. The van der Waals surface area contributed by atoms with Crippen LogP contribution >= 0.6 is 11.6 Å². The van der Waals surface area contributed by atoms with E-state index in [1.807, 2.05) is 0 Å². The Morgan fingerprint density at radius 3 is 2.69 bits per heavy atom. The topological polar surface area (TPSA) is 85.8 Å². The second-order valence-electron chi connectivity index (χ2n) is 6.61. The molecule has 0 spiro atoms. The average Bonchev–Trinajstić information content (AvgIpc) is 3.20. The van der Waals surface area contributed by atoms with Crippen molar-refractivity contribution in [1.82, 2.24) is 14.0 Å². The van der Waals surface area contributed by atoms with Crippen molar-refractivity contribution in [3.63, 3.8) is 0 Å². The van der Waals surface area contributed by atoms with Gasteiger partial charge in [0.15, 0.2) is 0 Å². The van der Waals surface area contributed by atoms with E-state index in [0.717, 1.165) is 18.5 Å². The number of carboxylic acid groups (broad SMARTS) is 1. The Hall–Kier alpha value is -3.08. The number of hydrogen-bond donors (Lipinski definition) is 1. The molecule has 0 radical (unpaired) electrons. The lowest BCUT2D eigenvalue weighted by atomic mass is 9.98. The summed E-state index contributed by atoms with van der Waals surface area (Å²) in [5.41, 5.74) is -4.82. The number of halogens is 5. The summed E-state index contributed by atoms with van der Waals surface area (Å²) >= 11 is 5.97. The highest BCUT2D eigenvalue weighted by Gasteiger charge is 2.45. The van der Waals surface area contributed by atoms with Crippen LogP contribution in [0.3, 0.4) is 0 Å². The summed E-state index contributed by atoms with van der Waals surface area (Å²) in [6.07, 6.45) is -3.24. The van der Waals surface area contributed by atoms with Crippen molar-refractivity contribution in [3.05, 3.63) is 57.0 Å². The molecular formula is C17H10ClF4N3O4. The van der Waals surface area contributed by atoms with Crippen LogP contribution in [0.5, 0.6) is 5.75 Å². The van der Waals surface area contributed by atoms with Crippen LogP contribution in [0.25, 0.3) is 11.5 Å². The Labute approximate surface area is 163 Å². The van der Waals surface area contributed by atoms with Crippen LogP contribution in [0.2, 0.25) is 5.02 Å². The van der Waals surface area contributed by atoms with Crippen molar-refractivity contribution < 1.29 is 32.2 Å². The van der Waals surface area contributed by atoms with Gasteiger partial charge in [0, 0.05) is 30.4 Å². The Morgan fingerprint density at radius 1 is 1.38 bits per heavy atom. The second kappa shape index (κ2) is 5.96. The van der Waals surface area contributed by atoms with E-state index in [4.69, 9.17) is 16.3 Å². The zero-order valence-corrected chi connectivity index (χ0v) is 15.2. The van der Waals surface area contributed by atoms with Gasteiger partial charge in [-0.25, -0.2) is 18.7 Å². The van der Waals surface area contributed by atoms with Gasteiger partial charge < -0.3 is 9.84 Å². The van der Waals surface area contributed by atoms with Gasteiger partial charge in [-0.1, -0.05) is 11.6 Å². The first-order chi connectivity index (χ1) is 13.4. The number of fused-ring (bicyclic) bond motifs is 2. The molecule has 1 atom stereocenters. The van der Waals surface area contributed by atoms with E-state index >= 15 is 0 Å². The highest BCUT2D eigenvalue weighted by Crippen LogP contribution is 2.45. The summed E-state index contributed by atoms with van der Waals surface area (Å²) in [4.78, 5) is 27.9. The molecule has 4 rings (SSSR count). The van der Waals surface area contributed by atoms with Gasteiger partial charge in [0.2, 0.25) is 11.4 Å². The molecule has 1 N–H and O–H groups in total. The van der Waals surface area contributed by atoms with Gasteiger partial charge in [-0.15, -0.1) is 0 Å². The van der Waals surface area contributed by atoms with E-state index in [2.05, 4.69) is 4.98 Å². The number of alkyl halides is 3. The number of imidazole rings is 1. The van der Waals surface area contributed by atoms with E-state index in [1.165, 1.54) is 6.92 Å². The number of rotatable bonds is 2. The number of carboxylic acids is 1. The fraction of sp³-hybridized carbons (Fsp3) is 0.235. The van der Waals surface area contributed by atoms with Crippen LogP contribution in [-0.4, -0.2) is 30.6 Å². The fourth-order valence-corrected chi connectivity index (χ4v) is 3.55. The van der Waals surface area contributed by atoms with Crippen LogP contribution in [0.1, 0.15) is 18.2 Å². The lowest BCUT2D eigenvalue weighted by molar-refractivity contribution is -0.152. The Morgan fingerprint density at radius 2 is 2.07 bits per heavy atom. The molecule has 0 saturated carbocycles. The van der Waals surface area contributed by atoms with Crippen molar-refractivity contribution in [2.24, 2.45) is 0 Å². The molecule has 29 heavy (non-hydrogen) atoms. The molecule has 0 saturated heterocycles. The molecule has 152 valence electrons. The van der Waals surface area contributed by atoms with Crippen LogP contribution in [-0.2, 0) is 17.4 Å². The largest absolute Gasteiger partial charge is 0.478 e. The lowest BCUT2D eigenvalue weighted by Crippen LogP contribution is -2.40. The van der Waals surface area contributed by atoms with Crippen molar-refractivity contribution in [2.45, 2.75) is 25.1 Å². The summed E-state index contributed by atoms with van der Waals surface area (Å²) in [6, 6.07) is 1.11. The van der Waals surface area contributed by atoms with Gasteiger partial charge in [-0.2, -0.15) is 13.2 Å². The molecule has 3 aromatic rings. The van der Waals surface area contributed by atoms with E-state index in [-0.39, 0.29) is 22.8 Å². The summed E-state index contributed by atoms with van der Waals surface area (Å²) in [7, 11) is 0. The Balaban J connectivity index is 2.07. The van der Waals surface area contributed by atoms with Crippen molar-refractivity contribution in [1.29, 1.82) is 0 Å². The third-order valence-electron chi connectivity index (χ3n) is 4.63. The van der Waals surface area contributed by atoms with Gasteiger partial charge in [-0.05, 0) is 13.0 Å². The summed E-state index contributed by atoms with van der Waals surface area (Å²) in [5.74, 6) is -3.07. The number of hydrogen-bond acceptors (Lipinski definition) is 4. The van der Waals surface area contributed by atoms with E-state index < -0.39 is 46.3 Å². The van der Waals surface area contributed by atoms with Gasteiger partial charge in [0.1, 0.15) is 17.3 Å². The molecule has 0 fully saturated rings. The monoisotopic (exact) mass is 431 g/mol. The zero-order chi connectivity index (χ0) is 21.3. The highest BCUT2D eigenvalue weighted by molar-refractivity contribution is 6.32. The molecule has 1 unspecified atom stereocenters. The van der Waals surface area contributed by atoms with Gasteiger partial charge in [-0.3, -0.25) is 9.20 Å². The van der Waals surface area contributed by atoms with E-state index in [9.17, 15) is 32.3 Å². The predicted octanol–water partition coefficient (Wildman–Crippen LogP) is 3.07. The van der Waals surface area contributed by atoms with E-state index in [0.29, 0.717) is 15.0 Å². The molecule has 1 aromatic carbocycles. The van der Waals surface area contributed by atoms with E-state index in [1.54, 1.807) is 0 Å². The first-order valence-electron chi connectivity index (χ1n) is 8.04. The molecule has 0 aliphatic carbocycles. The third-order valence-corrected chi connectivity index (χ3v) is 4.91. The molecule has 7 nitrogen and oxygen atoms in total. The number of benzene rings is 1. The van der Waals surface area contributed by atoms with Crippen LogP contribution in [0.4, 0.5) is 17.6 Å². The smallest absolute Gasteiger partial charge is 0.432 e. The van der Waals surface area contributed by atoms with Gasteiger partial charge in [0.25, 0.3) is 5.56 Å². The van der Waals surface area contributed by atoms with Crippen molar-refractivity contribution in [2.75, 3.05) is 0 Å². The highest BCUT2D eigenvalue weighted by atomic mass is 35.5. The molecule has 12 heteroatoms. The van der Waals surface area contributed by atoms with Crippen LogP contribution in [0.15, 0.2) is 29.3 Å². The number of nitrogens with zero attached hydrogens (tertiary/aromatic N) is 3. The van der Waals surface area contributed by atoms with Crippen LogP contribution < -0.4 is 10.3 Å². The molecular weight excluding hydrogens is 422 g/mol. The molecule has 2 aromatic heterocycles. The number of aromatic nitrogens is 3. The molecule has 1 aliphatic heterocycles. The zero-order valence-electron chi connectivity index (χ0n) is 14.4. The quantitative estimate of drug-likeness (QED) is 0.630. The third kappa shape index (κ3) is 2.76. The first kappa shape index (κ1) is 19.2. The van der Waals surface area contributed by atoms with Crippen molar-refractivity contribution in [3.8, 4) is 11.4 Å². The lowest BCUT2D eigenvalue weighted by Gasteiger charge is -2.17. The van der Waals surface area contributed by atoms with Gasteiger partial charge in [0.05, 0.1) is 10.7 Å². The average molecular weight is 432 g/mol. The minimum atomic E-state index is -4.86. The fourth-order valence-electron chi connectivity index (χ4n) is 3.30. The summed E-state index contributed by atoms with van der Waals surface area (Å²) < 4.78 is 61.3. The molecule has 0 amide bonds. The van der Waals surface area contributed by atoms with Gasteiger partial charge >= 0.3 is 12.1 Å². The van der Waals surface area contributed by atoms with Crippen LogP contribution in [0, 0.1) is 5.82 Å². The summed E-state index contributed by atoms with van der Waals surface area (Å²) in [5, 5.41) is 9.18. The Bertz CT molecular complexity index is 1250. The maximum Gasteiger partial charge on any atom is 0.432 e. The number of ether oxygens (including phenoxy) is 1. The number of aliphatic carboxylic acids is 1. The minimum absolute atomic E-state index is 0.0633. The normalized spacial score (nSPS) is 18.7. The maximum atomic E-state index is 14.9. The second-order valence-corrected chi connectivity index (χ2v) is 7.02. The standard InChI is InChI=1S/C17H10ClF4N3O4/c1-16(14(27)28)6-7-12(9(19)4-8(18)13(7)29-16)25-11(26)5-10(17(20,21)22)24-3-2-23-15(24)25/h2-5H,6H2,1H3,(H,27,28). The minimum Gasteiger partial charge on any atom is -0.478 e.